The molecule has 0 rings (SSSR count). The quantitative estimate of drug-likeness (QED) is 0.601. The summed E-state index contributed by atoms with van der Waals surface area (Å²) in [5.74, 6) is 0.486. The summed E-state index contributed by atoms with van der Waals surface area (Å²) in [7, 11) is 0. The van der Waals surface area contributed by atoms with Crippen LogP contribution in [0.4, 0.5) is 4.79 Å². The Labute approximate surface area is 87.2 Å². The lowest BCUT2D eigenvalue weighted by atomic mass is 10.0. The summed E-state index contributed by atoms with van der Waals surface area (Å²) in [6.45, 7) is 2.61. The highest BCUT2D eigenvalue weighted by Gasteiger charge is 2.08. The Kier molecular flexibility index (Phi) is 7.64. The molecule has 0 radical (unpaired) electrons. The van der Waals surface area contributed by atoms with Crippen molar-refractivity contribution in [2.24, 2.45) is 11.7 Å². The van der Waals surface area contributed by atoms with Crippen LogP contribution < -0.4 is 5.73 Å². The van der Waals surface area contributed by atoms with E-state index in [2.05, 4.69) is 29.5 Å². The summed E-state index contributed by atoms with van der Waals surface area (Å²) in [6, 6.07) is 0. The first kappa shape index (κ1) is 12.0. The van der Waals surface area contributed by atoms with Gasteiger partial charge in [0, 0.05) is 0 Å². The maximum absolute atomic E-state index is 10.3. The fourth-order valence-corrected chi connectivity index (χ4v) is 1.95. The summed E-state index contributed by atoms with van der Waals surface area (Å²) in [4.78, 5) is 10.3. The maximum atomic E-state index is 10.3. The third-order valence-electron chi connectivity index (χ3n) is 1.68. The first-order valence-electron chi connectivity index (χ1n) is 4.18. The van der Waals surface area contributed by atoms with E-state index in [1.54, 1.807) is 0 Å². The minimum atomic E-state index is -0.662. The van der Waals surface area contributed by atoms with Crippen molar-refractivity contribution < 1.29 is 9.53 Å². The molecule has 0 bridgehead atoms. The molecule has 72 valence electrons. The predicted octanol–water partition coefficient (Wildman–Crippen LogP) is 2.32. The zero-order chi connectivity index (χ0) is 9.40. The van der Waals surface area contributed by atoms with E-state index in [0.29, 0.717) is 12.5 Å². The molecular weight excluding hydrogens is 269 g/mol. The molecule has 0 spiro atoms. The van der Waals surface area contributed by atoms with Crippen LogP contribution in [0.1, 0.15) is 26.2 Å². The first-order valence-corrected chi connectivity index (χ1v) is 5.71. The van der Waals surface area contributed by atoms with Crippen LogP contribution in [-0.4, -0.2) is 17.1 Å². The van der Waals surface area contributed by atoms with Gasteiger partial charge in [-0.1, -0.05) is 35.9 Å². The summed E-state index contributed by atoms with van der Waals surface area (Å²) in [5.41, 5.74) is 4.87. The summed E-state index contributed by atoms with van der Waals surface area (Å²) in [6.07, 6.45) is 2.67. The fourth-order valence-electron chi connectivity index (χ4n) is 1.07. The number of rotatable bonds is 6. The molecule has 0 aliphatic carbocycles. The molecule has 0 aliphatic rings. The van der Waals surface area contributed by atoms with Crippen molar-refractivity contribution in [3.63, 3.8) is 0 Å². The van der Waals surface area contributed by atoms with E-state index in [1.807, 2.05) is 0 Å². The summed E-state index contributed by atoms with van der Waals surface area (Å²) in [5, 5.41) is 0. The van der Waals surface area contributed by atoms with Crippen LogP contribution in [0, 0.1) is 5.92 Å². The molecule has 0 saturated heterocycles. The normalized spacial score (nSPS) is 12.5. The SMILES string of the molecule is CCCC(CCI)COC(N)=O. The zero-order valence-corrected chi connectivity index (χ0v) is 9.54. The molecule has 3 nitrogen and oxygen atoms in total. The highest BCUT2D eigenvalue weighted by molar-refractivity contribution is 14.1. The smallest absolute Gasteiger partial charge is 0.404 e. The van der Waals surface area contributed by atoms with Crippen LogP contribution in [0.15, 0.2) is 0 Å². The van der Waals surface area contributed by atoms with Crippen molar-refractivity contribution in [3.05, 3.63) is 0 Å². The van der Waals surface area contributed by atoms with E-state index in [1.165, 1.54) is 0 Å². The van der Waals surface area contributed by atoms with E-state index < -0.39 is 6.09 Å². The van der Waals surface area contributed by atoms with Gasteiger partial charge in [-0.05, 0) is 23.2 Å². The average molecular weight is 285 g/mol. The number of alkyl halides is 1. The average Bonchev–Trinajstić information content (AvgIpc) is 2.01. The molecule has 1 amide bonds. The van der Waals surface area contributed by atoms with Gasteiger partial charge in [0.05, 0.1) is 6.61 Å². The van der Waals surface area contributed by atoms with E-state index in [0.717, 1.165) is 23.7 Å². The van der Waals surface area contributed by atoms with E-state index >= 15 is 0 Å². The topological polar surface area (TPSA) is 52.3 Å². The van der Waals surface area contributed by atoms with Crippen LogP contribution in [0.3, 0.4) is 0 Å². The van der Waals surface area contributed by atoms with Crippen molar-refractivity contribution in [1.82, 2.24) is 0 Å². The maximum Gasteiger partial charge on any atom is 0.404 e. The van der Waals surface area contributed by atoms with Crippen molar-refractivity contribution in [3.8, 4) is 0 Å². The van der Waals surface area contributed by atoms with Crippen LogP contribution >= 0.6 is 22.6 Å². The second-order valence-corrected chi connectivity index (χ2v) is 3.84. The molecule has 2 N–H and O–H groups in total. The molecular formula is C8H16INO2. The number of halogens is 1. The number of hydrogen-bond acceptors (Lipinski definition) is 2. The van der Waals surface area contributed by atoms with Gasteiger partial charge in [0.2, 0.25) is 0 Å². The predicted molar refractivity (Wildman–Crippen MR) is 57.4 cm³/mol. The Bertz CT molecular complexity index is 124. The van der Waals surface area contributed by atoms with Crippen molar-refractivity contribution >= 4 is 28.7 Å². The molecule has 1 unspecified atom stereocenters. The number of carbonyl (C=O) groups is 1. The Morgan fingerprint density at radius 2 is 2.25 bits per heavy atom. The number of carbonyl (C=O) groups excluding carboxylic acids is 1. The number of primary amides is 1. The molecule has 0 fully saturated rings. The summed E-state index contributed by atoms with van der Waals surface area (Å²) >= 11 is 2.33. The lowest BCUT2D eigenvalue weighted by Crippen LogP contribution is -2.19. The fraction of sp³-hybridized carbons (Fsp3) is 0.875. The lowest BCUT2D eigenvalue weighted by molar-refractivity contribution is 0.133. The van der Waals surface area contributed by atoms with Gasteiger partial charge in [0.1, 0.15) is 0 Å². The minimum absolute atomic E-state index is 0.478. The van der Waals surface area contributed by atoms with E-state index in [9.17, 15) is 4.79 Å². The van der Waals surface area contributed by atoms with E-state index in [4.69, 9.17) is 10.5 Å². The molecule has 12 heavy (non-hydrogen) atoms. The number of hydrogen-bond donors (Lipinski definition) is 1. The van der Waals surface area contributed by atoms with Crippen LogP contribution in [-0.2, 0) is 4.74 Å². The highest BCUT2D eigenvalue weighted by Crippen LogP contribution is 2.13. The summed E-state index contributed by atoms with van der Waals surface area (Å²) < 4.78 is 5.85. The van der Waals surface area contributed by atoms with E-state index in [-0.39, 0.29) is 0 Å². The van der Waals surface area contributed by atoms with Gasteiger partial charge in [-0.25, -0.2) is 4.79 Å². The van der Waals surface area contributed by atoms with Gasteiger partial charge in [-0.15, -0.1) is 0 Å². The molecule has 0 aliphatic heterocycles. The second kappa shape index (κ2) is 7.64. The van der Waals surface area contributed by atoms with Crippen LogP contribution in [0.2, 0.25) is 0 Å². The second-order valence-electron chi connectivity index (χ2n) is 2.76. The Morgan fingerprint density at radius 1 is 1.58 bits per heavy atom. The number of ether oxygens (including phenoxy) is 1. The van der Waals surface area contributed by atoms with Crippen molar-refractivity contribution in [2.75, 3.05) is 11.0 Å². The Hall–Kier alpha value is 0. The zero-order valence-electron chi connectivity index (χ0n) is 7.38. The third kappa shape index (κ3) is 6.69. The molecule has 0 aromatic heterocycles. The van der Waals surface area contributed by atoms with Gasteiger partial charge in [-0.2, -0.15) is 0 Å². The first-order chi connectivity index (χ1) is 5.70. The largest absolute Gasteiger partial charge is 0.449 e. The standard InChI is InChI=1S/C8H16INO2/c1-2-3-7(4-5-9)6-12-8(10)11/h7H,2-6H2,1H3,(H2,10,11). The minimum Gasteiger partial charge on any atom is -0.449 e. The molecule has 0 aromatic rings. The molecule has 4 heteroatoms. The van der Waals surface area contributed by atoms with Gasteiger partial charge in [0.15, 0.2) is 0 Å². The van der Waals surface area contributed by atoms with Gasteiger partial charge in [-0.3, -0.25) is 0 Å². The Balaban J connectivity index is 3.54. The number of amides is 1. The molecule has 1 atom stereocenters. The molecule has 0 heterocycles. The lowest BCUT2D eigenvalue weighted by Gasteiger charge is -2.13. The van der Waals surface area contributed by atoms with Crippen molar-refractivity contribution in [1.29, 1.82) is 0 Å². The molecule has 0 saturated carbocycles. The third-order valence-corrected chi connectivity index (χ3v) is 2.30. The highest BCUT2D eigenvalue weighted by atomic mass is 127. The van der Waals surface area contributed by atoms with Gasteiger partial charge < -0.3 is 10.5 Å². The van der Waals surface area contributed by atoms with Crippen molar-refractivity contribution in [2.45, 2.75) is 26.2 Å². The van der Waals surface area contributed by atoms with Crippen LogP contribution in [0.25, 0.3) is 0 Å². The molecule has 0 aromatic carbocycles. The Morgan fingerprint density at radius 3 is 2.67 bits per heavy atom. The van der Waals surface area contributed by atoms with Gasteiger partial charge >= 0.3 is 6.09 Å². The number of nitrogens with two attached hydrogens (primary N) is 1. The van der Waals surface area contributed by atoms with Gasteiger partial charge in [0.25, 0.3) is 0 Å². The van der Waals surface area contributed by atoms with Crippen LogP contribution in [0.5, 0.6) is 0 Å². The monoisotopic (exact) mass is 285 g/mol.